The predicted molar refractivity (Wildman–Crippen MR) is 77.8 cm³/mol. The first-order valence-corrected chi connectivity index (χ1v) is 7.88. The van der Waals surface area contributed by atoms with Gasteiger partial charge in [0.1, 0.15) is 0 Å². The van der Waals surface area contributed by atoms with Crippen molar-refractivity contribution < 1.29 is 19.1 Å². The van der Waals surface area contributed by atoms with E-state index in [-0.39, 0.29) is 23.9 Å². The monoisotopic (exact) mass is 298 g/mol. The molecule has 0 aromatic rings. The number of esters is 1. The number of piperidine rings is 1. The molecule has 2 unspecified atom stereocenters. The summed E-state index contributed by atoms with van der Waals surface area (Å²) in [5.41, 5.74) is 0. The van der Waals surface area contributed by atoms with Crippen LogP contribution < -0.4 is 0 Å². The molecular formula is C15H26N2O4. The van der Waals surface area contributed by atoms with Gasteiger partial charge in [0.15, 0.2) is 0 Å². The van der Waals surface area contributed by atoms with E-state index in [9.17, 15) is 9.59 Å². The van der Waals surface area contributed by atoms with Gasteiger partial charge < -0.3 is 14.4 Å². The van der Waals surface area contributed by atoms with Crippen LogP contribution in [0.1, 0.15) is 26.7 Å². The minimum atomic E-state index is -0.171. The van der Waals surface area contributed by atoms with Crippen molar-refractivity contribution in [3.63, 3.8) is 0 Å². The second-order valence-electron chi connectivity index (χ2n) is 5.85. The number of carbonyl (C=O) groups excluding carboxylic acids is 2. The Bertz CT molecular complexity index is 375. The highest BCUT2D eigenvalue weighted by Crippen LogP contribution is 2.18. The topological polar surface area (TPSA) is 59.1 Å². The fourth-order valence-electron chi connectivity index (χ4n) is 2.98. The maximum atomic E-state index is 12.4. The first kappa shape index (κ1) is 16.2. The van der Waals surface area contributed by atoms with E-state index in [1.54, 1.807) is 0 Å². The van der Waals surface area contributed by atoms with Crippen LogP contribution in [0, 0.1) is 5.92 Å². The standard InChI is InChI=1S/C15H26N2O4/c1-3-20-15(19)13-5-4-6-17(10-13)14(18)11-16-7-8-21-12(2)9-16/h12-13H,3-11H2,1-2H3. The van der Waals surface area contributed by atoms with E-state index >= 15 is 0 Å². The molecule has 120 valence electrons. The number of nitrogens with zero attached hydrogens (tertiary/aromatic N) is 2. The summed E-state index contributed by atoms with van der Waals surface area (Å²) in [7, 11) is 0. The van der Waals surface area contributed by atoms with Crippen LogP contribution >= 0.6 is 0 Å². The Labute approximate surface area is 126 Å². The smallest absolute Gasteiger partial charge is 0.310 e. The molecule has 2 heterocycles. The maximum Gasteiger partial charge on any atom is 0.310 e. The SMILES string of the molecule is CCOC(=O)C1CCCN(C(=O)CN2CCOC(C)C2)C1. The molecule has 0 radical (unpaired) electrons. The number of likely N-dealkylation sites (tertiary alicyclic amines) is 1. The number of carbonyl (C=O) groups is 2. The highest BCUT2D eigenvalue weighted by atomic mass is 16.5. The van der Waals surface area contributed by atoms with Crippen LogP contribution in [0.3, 0.4) is 0 Å². The summed E-state index contributed by atoms with van der Waals surface area (Å²) in [6.07, 6.45) is 1.87. The Kier molecular flexibility index (Phi) is 5.99. The molecular weight excluding hydrogens is 272 g/mol. The van der Waals surface area contributed by atoms with E-state index in [4.69, 9.17) is 9.47 Å². The molecule has 2 saturated heterocycles. The second kappa shape index (κ2) is 7.75. The third kappa shape index (κ3) is 4.68. The number of hydrogen-bond donors (Lipinski definition) is 0. The Balaban J connectivity index is 1.82. The average Bonchev–Trinajstić information content (AvgIpc) is 2.47. The number of hydrogen-bond acceptors (Lipinski definition) is 5. The average molecular weight is 298 g/mol. The lowest BCUT2D eigenvalue weighted by atomic mass is 9.98. The van der Waals surface area contributed by atoms with Crippen molar-refractivity contribution >= 4 is 11.9 Å². The van der Waals surface area contributed by atoms with Gasteiger partial charge in [-0.25, -0.2) is 0 Å². The van der Waals surface area contributed by atoms with Crippen molar-refractivity contribution in [2.75, 3.05) is 45.9 Å². The van der Waals surface area contributed by atoms with Gasteiger partial charge >= 0.3 is 5.97 Å². The van der Waals surface area contributed by atoms with Gasteiger partial charge in [0.2, 0.25) is 5.91 Å². The fourth-order valence-corrected chi connectivity index (χ4v) is 2.98. The largest absolute Gasteiger partial charge is 0.466 e. The van der Waals surface area contributed by atoms with E-state index in [1.807, 2.05) is 18.7 Å². The fraction of sp³-hybridized carbons (Fsp3) is 0.867. The van der Waals surface area contributed by atoms with E-state index in [1.165, 1.54) is 0 Å². The van der Waals surface area contributed by atoms with Crippen molar-refractivity contribution in [2.24, 2.45) is 5.92 Å². The van der Waals surface area contributed by atoms with Gasteiger partial charge in [-0.3, -0.25) is 14.5 Å². The van der Waals surface area contributed by atoms with Crippen molar-refractivity contribution in [3.05, 3.63) is 0 Å². The molecule has 0 aromatic carbocycles. The zero-order valence-electron chi connectivity index (χ0n) is 13.0. The molecule has 2 aliphatic rings. The van der Waals surface area contributed by atoms with E-state index in [2.05, 4.69) is 4.90 Å². The first-order valence-electron chi connectivity index (χ1n) is 7.88. The molecule has 21 heavy (non-hydrogen) atoms. The van der Waals surface area contributed by atoms with Crippen molar-refractivity contribution in [3.8, 4) is 0 Å². The Morgan fingerprint density at radius 3 is 2.81 bits per heavy atom. The van der Waals surface area contributed by atoms with Gasteiger partial charge in [-0.05, 0) is 26.7 Å². The number of amides is 1. The minimum Gasteiger partial charge on any atom is -0.466 e. The molecule has 0 saturated carbocycles. The third-order valence-electron chi connectivity index (χ3n) is 4.08. The number of morpholine rings is 1. The molecule has 0 aliphatic carbocycles. The van der Waals surface area contributed by atoms with Gasteiger partial charge in [0.25, 0.3) is 0 Å². The van der Waals surface area contributed by atoms with Gasteiger partial charge in [-0.15, -0.1) is 0 Å². The molecule has 0 bridgehead atoms. The Hall–Kier alpha value is -1.14. The van der Waals surface area contributed by atoms with Crippen LogP contribution in [0.25, 0.3) is 0 Å². The van der Waals surface area contributed by atoms with Crippen LogP contribution in [0.5, 0.6) is 0 Å². The lowest BCUT2D eigenvalue weighted by molar-refractivity contribution is -0.151. The number of ether oxygens (including phenoxy) is 2. The molecule has 6 heteroatoms. The molecule has 2 atom stereocenters. The van der Waals surface area contributed by atoms with E-state index in [0.717, 1.165) is 32.5 Å². The van der Waals surface area contributed by atoms with Crippen LogP contribution in [0.4, 0.5) is 0 Å². The molecule has 0 spiro atoms. The van der Waals surface area contributed by atoms with Gasteiger partial charge in [0, 0.05) is 26.2 Å². The lowest BCUT2D eigenvalue weighted by Gasteiger charge is -2.35. The van der Waals surface area contributed by atoms with Crippen LogP contribution in [-0.2, 0) is 19.1 Å². The Morgan fingerprint density at radius 2 is 2.10 bits per heavy atom. The summed E-state index contributed by atoms with van der Waals surface area (Å²) in [5.74, 6) is -0.223. The predicted octanol–water partition coefficient (Wildman–Crippen LogP) is 0.509. The van der Waals surface area contributed by atoms with Crippen LogP contribution in [0.2, 0.25) is 0 Å². The third-order valence-corrected chi connectivity index (χ3v) is 4.08. The van der Waals surface area contributed by atoms with Gasteiger partial charge in [0.05, 0.1) is 31.8 Å². The molecule has 0 N–H and O–H groups in total. The lowest BCUT2D eigenvalue weighted by Crippen LogP contribution is -2.50. The normalized spacial score (nSPS) is 27.4. The van der Waals surface area contributed by atoms with Crippen molar-refractivity contribution in [2.45, 2.75) is 32.8 Å². The van der Waals surface area contributed by atoms with Crippen molar-refractivity contribution in [1.29, 1.82) is 0 Å². The molecule has 2 aliphatic heterocycles. The van der Waals surface area contributed by atoms with Crippen LogP contribution in [0.15, 0.2) is 0 Å². The zero-order valence-corrected chi connectivity index (χ0v) is 13.0. The molecule has 2 fully saturated rings. The molecule has 1 amide bonds. The number of rotatable bonds is 4. The minimum absolute atomic E-state index is 0.109. The zero-order chi connectivity index (χ0) is 15.2. The first-order chi connectivity index (χ1) is 10.1. The van der Waals surface area contributed by atoms with Crippen molar-refractivity contribution in [1.82, 2.24) is 9.80 Å². The quantitative estimate of drug-likeness (QED) is 0.708. The summed E-state index contributed by atoms with van der Waals surface area (Å²) in [5, 5.41) is 0. The molecule has 2 rings (SSSR count). The summed E-state index contributed by atoms with van der Waals surface area (Å²) in [4.78, 5) is 28.1. The maximum absolute atomic E-state index is 12.4. The Morgan fingerprint density at radius 1 is 1.29 bits per heavy atom. The van der Waals surface area contributed by atoms with E-state index in [0.29, 0.717) is 26.3 Å². The summed E-state index contributed by atoms with van der Waals surface area (Å²) >= 11 is 0. The molecule has 6 nitrogen and oxygen atoms in total. The van der Waals surface area contributed by atoms with Gasteiger partial charge in [-0.2, -0.15) is 0 Å². The van der Waals surface area contributed by atoms with Gasteiger partial charge in [-0.1, -0.05) is 0 Å². The summed E-state index contributed by atoms with van der Waals surface area (Å²) < 4.78 is 10.6. The highest BCUT2D eigenvalue weighted by Gasteiger charge is 2.30. The van der Waals surface area contributed by atoms with E-state index < -0.39 is 0 Å². The molecule has 0 aromatic heterocycles. The summed E-state index contributed by atoms with van der Waals surface area (Å²) in [6, 6.07) is 0. The van der Waals surface area contributed by atoms with Crippen LogP contribution in [-0.4, -0.2) is 73.7 Å². The second-order valence-corrected chi connectivity index (χ2v) is 5.85. The highest BCUT2D eigenvalue weighted by molar-refractivity contribution is 5.80. The summed E-state index contributed by atoms with van der Waals surface area (Å²) in [6.45, 7) is 8.16.